The van der Waals surface area contributed by atoms with E-state index in [2.05, 4.69) is 26.0 Å². The van der Waals surface area contributed by atoms with Crippen molar-refractivity contribution in [1.29, 1.82) is 0 Å². The second-order valence-corrected chi connectivity index (χ2v) is 4.44. The maximum Gasteiger partial charge on any atom is 0.133 e. The Morgan fingerprint density at radius 1 is 1.29 bits per heavy atom. The van der Waals surface area contributed by atoms with Crippen molar-refractivity contribution in [3.8, 4) is 5.75 Å². The van der Waals surface area contributed by atoms with E-state index in [-0.39, 0.29) is 0 Å². The van der Waals surface area contributed by atoms with Crippen LogP contribution in [0.15, 0.2) is 12.1 Å². The smallest absolute Gasteiger partial charge is 0.133 e. The fraction of sp³-hybridized carbons (Fsp3) is 0.500. The van der Waals surface area contributed by atoms with Crippen molar-refractivity contribution in [3.05, 3.63) is 28.8 Å². The highest BCUT2D eigenvalue weighted by Gasteiger charge is 2.06. The zero-order chi connectivity index (χ0) is 12.8. The molecule has 1 aromatic carbocycles. The number of rotatable bonds is 6. The summed E-state index contributed by atoms with van der Waals surface area (Å²) >= 11 is 0. The number of methoxy groups -OCH3 is 1. The second kappa shape index (κ2) is 6.40. The molecular formula is C14H21NO2. The van der Waals surface area contributed by atoms with Gasteiger partial charge >= 0.3 is 0 Å². The van der Waals surface area contributed by atoms with Gasteiger partial charge < -0.3 is 9.53 Å². The third-order valence-electron chi connectivity index (χ3n) is 2.89. The Balaban J connectivity index is 2.70. The number of aldehydes is 1. The van der Waals surface area contributed by atoms with E-state index in [0.29, 0.717) is 6.54 Å². The molecule has 0 saturated carbocycles. The van der Waals surface area contributed by atoms with Gasteiger partial charge in [-0.1, -0.05) is 12.1 Å². The molecule has 3 heteroatoms. The van der Waals surface area contributed by atoms with Gasteiger partial charge in [0.25, 0.3) is 0 Å². The van der Waals surface area contributed by atoms with Crippen molar-refractivity contribution in [2.75, 3.05) is 27.2 Å². The summed E-state index contributed by atoms with van der Waals surface area (Å²) in [6.45, 7) is 5.51. The van der Waals surface area contributed by atoms with Gasteiger partial charge in [0.2, 0.25) is 0 Å². The molecule has 0 unspecified atom stereocenters. The first-order valence-corrected chi connectivity index (χ1v) is 5.84. The standard InChI is InChI=1S/C14H21NO2/c1-11-9-13(5-6-15(3)7-8-16)10-12(2)14(11)17-4/h8-10H,5-7H2,1-4H3. The molecule has 0 heterocycles. The van der Waals surface area contributed by atoms with Gasteiger partial charge in [0.05, 0.1) is 13.7 Å². The Morgan fingerprint density at radius 2 is 1.88 bits per heavy atom. The highest BCUT2D eigenvalue weighted by atomic mass is 16.5. The van der Waals surface area contributed by atoms with Gasteiger partial charge in [-0.25, -0.2) is 0 Å². The molecule has 0 aliphatic rings. The van der Waals surface area contributed by atoms with Crippen LogP contribution in [0.2, 0.25) is 0 Å². The van der Waals surface area contributed by atoms with Crippen LogP contribution in [-0.2, 0) is 11.2 Å². The molecular weight excluding hydrogens is 214 g/mol. The monoisotopic (exact) mass is 235 g/mol. The number of hydrogen-bond acceptors (Lipinski definition) is 3. The van der Waals surface area contributed by atoms with E-state index >= 15 is 0 Å². The molecule has 1 aromatic rings. The summed E-state index contributed by atoms with van der Waals surface area (Å²) in [6.07, 6.45) is 1.89. The summed E-state index contributed by atoms with van der Waals surface area (Å²) < 4.78 is 5.34. The van der Waals surface area contributed by atoms with E-state index in [1.54, 1.807) is 7.11 Å². The first kappa shape index (κ1) is 13.7. The number of carbonyl (C=O) groups is 1. The minimum Gasteiger partial charge on any atom is -0.496 e. The number of nitrogens with zero attached hydrogens (tertiary/aromatic N) is 1. The van der Waals surface area contributed by atoms with Gasteiger partial charge in [-0.2, -0.15) is 0 Å². The minimum atomic E-state index is 0.494. The Bertz CT molecular complexity index is 365. The minimum absolute atomic E-state index is 0.494. The maximum absolute atomic E-state index is 10.4. The van der Waals surface area contributed by atoms with Gasteiger partial charge in [-0.15, -0.1) is 0 Å². The summed E-state index contributed by atoms with van der Waals surface area (Å²) in [4.78, 5) is 12.4. The molecule has 0 atom stereocenters. The van der Waals surface area contributed by atoms with Crippen molar-refractivity contribution < 1.29 is 9.53 Å². The van der Waals surface area contributed by atoms with Crippen LogP contribution in [0.1, 0.15) is 16.7 Å². The average molecular weight is 235 g/mol. The molecule has 0 aliphatic heterocycles. The van der Waals surface area contributed by atoms with Gasteiger partial charge in [0, 0.05) is 6.54 Å². The highest BCUT2D eigenvalue weighted by molar-refractivity contribution is 5.51. The topological polar surface area (TPSA) is 29.5 Å². The van der Waals surface area contributed by atoms with Crippen molar-refractivity contribution >= 4 is 6.29 Å². The lowest BCUT2D eigenvalue weighted by molar-refractivity contribution is -0.108. The van der Waals surface area contributed by atoms with Crippen molar-refractivity contribution in [2.24, 2.45) is 0 Å². The Labute approximate surface area is 103 Å². The predicted octanol–water partition coefficient (Wildman–Crippen LogP) is 1.99. The number of hydrogen-bond donors (Lipinski definition) is 0. The molecule has 17 heavy (non-hydrogen) atoms. The predicted molar refractivity (Wildman–Crippen MR) is 69.7 cm³/mol. The molecule has 0 spiro atoms. The first-order valence-electron chi connectivity index (χ1n) is 5.84. The quantitative estimate of drug-likeness (QED) is 0.706. The molecule has 1 rings (SSSR count). The molecule has 0 amide bonds. The zero-order valence-electron chi connectivity index (χ0n) is 11.1. The fourth-order valence-electron chi connectivity index (χ4n) is 2.04. The molecule has 0 aromatic heterocycles. The summed E-state index contributed by atoms with van der Waals surface area (Å²) in [5, 5.41) is 0. The molecule has 0 radical (unpaired) electrons. The van der Waals surface area contributed by atoms with Gasteiger partial charge in [0.1, 0.15) is 12.0 Å². The number of likely N-dealkylation sites (N-methyl/N-ethyl adjacent to an activating group) is 1. The van der Waals surface area contributed by atoms with Crippen LogP contribution in [0.4, 0.5) is 0 Å². The lowest BCUT2D eigenvalue weighted by Crippen LogP contribution is -2.23. The lowest BCUT2D eigenvalue weighted by atomic mass is 10.0. The largest absolute Gasteiger partial charge is 0.496 e. The molecule has 0 saturated heterocycles. The van der Waals surface area contributed by atoms with Crippen LogP contribution in [-0.4, -0.2) is 38.4 Å². The summed E-state index contributed by atoms with van der Waals surface area (Å²) in [5.74, 6) is 0.968. The SMILES string of the molecule is COc1c(C)cc(CCN(C)CC=O)cc1C. The Hall–Kier alpha value is -1.35. The van der Waals surface area contributed by atoms with Crippen molar-refractivity contribution in [3.63, 3.8) is 0 Å². The normalized spacial score (nSPS) is 10.6. The van der Waals surface area contributed by atoms with E-state index in [0.717, 1.165) is 25.0 Å². The number of carbonyl (C=O) groups excluding carboxylic acids is 1. The van der Waals surface area contributed by atoms with E-state index in [1.807, 2.05) is 11.9 Å². The molecule has 0 aliphatic carbocycles. The highest BCUT2D eigenvalue weighted by Crippen LogP contribution is 2.24. The Kier molecular flexibility index (Phi) is 5.16. The van der Waals surface area contributed by atoms with Crippen molar-refractivity contribution in [2.45, 2.75) is 20.3 Å². The van der Waals surface area contributed by atoms with Crippen LogP contribution in [0.25, 0.3) is 0 Å². The van der Waals surface area contributed by atoms with E-state index < -0.39 is 0 Å². The summed E-state index contributed by atoms with van der Waals surface area (Å²) in [7, 11) is 3.66. The number of benzene rings is 1. The van der Waals surface area contributed by atoms with E-state index in [9.17, 15) is 4.79 Å². The van der Waals surface area contributed by atoms with Gasteiger partial charge in [-0.3, -0.25) is 4.90 Å². The van der Waals surface area contributed by atoms with Gasteiger partial charge in [0.15, 0.2) is 0 Å². The van der Waals surface area contributed by atoms with Crippen LogP contribution >= 0.6 is 0 Å². The lowest BCUT2D eigenvalue weighted by Gasteiger charge is -2.15. The van der Waals surface area contributed by atoms with Crippen LogP contribution in [0, 0.1) is 13.8 Å². The third-order valence-corrected chi connectivity index (χ3v) is 2.89. The molecule has 0 fully saturated rings. The fourth-order valence-corrected chi connectivity index (χ4v) is 2.04. The van der Waals surface area contributed by atoms with Crippen LogP contribution < -0.4 is 4.74 Å². The van der Waals surface area contributed by atoms with Crippen LogP contribution in [0.5, 0.6) is 5.75 Å². The molecule has 3 nitrogen and oxygen atoms in total. The van der Waals surface area contributed by atoms with E-state index in [4.69, 9.17) is 4.74 Å². The number of ether oxygens (including phenoxy) is 1. The molecule has 0 bridgehead atoms. The number of aryl methyl sites for hydroxylation is 2. The molecule has 94 valence electrons. The average Bonchev–Trinajstić information content (AvgIpc) is 2.26. The Morgan fingerprint density at radius 3 is 2.35 bits per heavy atom. The zero-order valence-corrected chi connectivity index (χ0v) is 11.1. The first-order chi connectivity index (χ1) is 8.08. The van der Waals surface area contributed by atoms with Crippen LogP contribution in [0.3, 0.4) is 0 Å². The van der Waals surface area contributed by atoms with E-state index in [1.165, 1.54) is 16.7 Å². The van der Waals surface area contributed by atoms with Gasteiger partial charge in [-0.05, 0) is 44.0 Å². The molecule has 0 N–H and O–H groups in total. The summed E-state index contributed by atoms with van der Waals surface area (Å²) in [5.41, 5.74) is 3.62. The summed E-state index contributed by atoms with van der Waals surface area (Å²) in [6, 6.07) is 4.31. The van der Waals surface area contributed by atoms with Crippen molar-refractivity contribution in [1.82, 2.24) is 4.90 Å². The second-order valence-electron chi connectivity index (χ2n) is 4.44. The third kappa shape index (κ3) is 3.86. The maximum atomic E-state index is 10.4.